The number of benzene rings is 1. The standard InChI is InChI=1S/C21H22F3NO5/c1-28-19(26)15-11-25(10-13-6-5-9-30-13)12-16(20(27)29-2)18(15)14-7-3-4-8-17(14)21(22,23)24/h3-4,7-8,11-13,18H,5-6,9-10H2,1-2H3/t13-/m0/s1. The first-order valence-electron chi connectivity index (χ1n) is 9.39. The highest BCUT2D eigenvalue weighted by Gasteiger charge is 2.41. The van der Waals surface area contributed by atoms with Crippen LogP contribution in [0.25, 0.3) is 0 Å². The lowest BCUT2D eigenvalue weighted by molar-refractivity contribution is -0.140. The Hall–Kier alpha value is -2.81. The fourth-order valence-corrected chi connectivity index (χ4v) is 3.76. The van der Waals surface area contributed by atoms with Crippen molar-refractivity contribution in [1.29, 1.82) is 0 Å². The van der Waals surface area contributed by atoms with E-state index in [0.29, 0.717) is 13.2 Å². The number of nitrogens with zero attached hydrogens (tertiary/aromatic N) is 1. The molecule has 0 aromatic heterocycles. The van der Waals surface area contributed by atoms with Gasteiger partial charge in [-0.15, -0.1) is 0 Å². The van der Waals surface area contributed by atoms with Gasteiger partial charge < -0.3 is 19.1 Å². The second-order valence-electron chi connectivity index (χ2n) is 7.00. The molecule has 1 saturated heterocycles. The molecule has 0 amide bonds. The molecule has 2 aliphatic heterocycles. The minimum absolute atomic E-state index is 0.0879. The van der Waals surface area contributed by atoms with Crippen molar-refractivity contribution in [3.8, 4) is 0 Å². The van der Waals surface area contributed by atoms with Gasteiger partial charge in [0.15, 0.2) is 0 Å². The van der Waals surface area contributed by atoms with E-state index < -0.39 is 29.6 Å². The van der Waals surface area contributed by atoms with Gasteiger partial charge in [-0.25, -0.2) is 9.59 Å². The summed E-state index contributed by atoms with van der Waals surface area (Å²) in [5.41, 5.74) is -1.34. The number of methoxy groups -OCH3 is 2. The summed E-state index contributed by atoms with van der Waals surface area (Å²) < 4.78 is 56.3. The topological polar surface area (TPSA) is 65.1 Å². The number of halogens is 3. The monoisotopic (exact) mass is 425 g/mol. The van der Waals surface area contributed by atoms with E-state index in [4.69, 9.17) is 14.2 Å². The molecule has 1 aromatic carbocycles. The van der Waals surface area contributed by atoms with Crippen molar-refractivity contribution in [3.05, 3.63) is 58.9 Å². The summed E-state index contributed by atoms with van der Waals surface area (Å²) in [7, 11) is 2.27. The number of esters is 2. The zero-order chi connectivity index (χ0) is 21.9. The second kappa shape index (κ2) is 8.91. The van der Waals surface area contributed by atoms with E-state index >= 15 is 0 Å². The predicted octanol–water partition coefficient (Wildman–Crippen LogP) is 3.40. The van der Waals surface area contributed by atoms with E-state index in [9.17, 15) is 22.8 Å². The number of alkyl halides is 3. The van der Waals surface area contributed by atoms with E-state index in [1.807, 2.05) is 0 Å². The van der Waals surface area contributed by atoms with Crippen LogP contribution in [0.2, 0.25) is 0 Å². The van der Waals surface area contributed by atoms with Gasteiger partial charge in [0.2, 0.25) is 0 Å². The Morgan fingerprint density at radius 2 is 1.70 bits per heavy atom. The summed E-state index contributed by atoms with van der Waals surface area (Å²) in [5, 5.41) is 0. The van der Waals surface area contributed by atoms with Crippen LogP contribution >= 0.6 is 0 Å². The third-order valence-electron chi connectivity index (χ3n) is 5.09. The van der Waals surface area contributed by atoms with Crippen molar-refractivity contribution < 1.29 is 37.0 Å². The van der Waals surface area contributed by atoms with Crippen LogP contribution < -0.4 is 0 Å². The van der Waals surface area contributed by atoms with Crippen molar-refractivity contribution in [2.24, 2.45) is 0 Å². The van der Waals surface area contributed by atoms with Crippen LogP contribution in [0.4, 0.5) is 13.2 Å². The molecule has 1 aromatic rings. The number of carbonyl (C=O) groups excluding carboxylic acids is 2. The average Bonchev–Trinajstić information content (AvgIpc) is 3.24. The van der Waals surface area contributed by atoms with Crippen molar-refractivity contribution >= 4 is 11.9 Å². The summed E-state index contributed by atoms with van der Waals surface area (Å²) >= 11 is 0. The molecule has 9 heteroatoms. The highest BCUT2D eigenvalue weighted by atomic mass is 19.4. The number of hydrogen-bond acceptors (Lipinski definition) is 6. The van der Waals surface area contributed by atoms with Crippen LogP contribution in [0.1, 0.15) is 29.9 Å². The Kier molecular flexibility index (Phi) is 6.50. The van der Waals surface area contributed by atoms with E-state index in [0.717, 1.165) is 33.1 Å². The summed E-state index contributed by atoms with van der Waals surface area (Å²) in [6.07, 6.45) is -0.265. The molecule has 0 unspecified atom stereocenters. The Morgan fingerprint density at radius 1 is 1.10 bits per heavy atom. The number of ether oxygens (including phenoxy) is 3. The van der Waals surface area contributed by atoms with Gasteiger partial charge in [0.25, 0.3) is 0 Å². The molecular formula is C21H22F3NO5. The van der Waals surface area contributed by atoms with Gasteiger partial charge in [-0.3, -0.25) is 0 Å². The second-order valence-corrected chi connectivity index (χ2v) is 7.00. The van der Waals surface area contributed by atoms with Gasteiger partial charge in [-0.1, -0.05) is 18.2 Å². The summed E-state index contributed by atoms with van der Waals surface area (Å²) in [6, 6.07) is 4.84. The molecule has 1 atom stereocenters. The average molecular weight is 425 g/mol. The molecule has 2 heterocycles. The Labute approximate surface area is 171 Å². The number of rotatable bonds is 5. The lowest BCUT2D eigenvalue weighted by Crippen LogP contribution is -2.33. The lowest BCUT2D eigenvalue weighted by Gasteiger charge is -2.32. The van der Waals surface area contributed by atoms with Gasteiger partial charge >= 0.3 is 18.1 Å². The highest BCUT2D eigenvalue weighted by Crippen LogP contribution is 2.43. The summed E-state index contributed by atoms with van der Waals surface area (Å²) in [5.74, 6) is -2.95. The van der Waals surface area contributed by atoms with Crippen molar-refractivity contribution in [1.82, 2.24) is 4.90 Å². The van der Waals surface area contributed by atoms with Gasteiger partial charge in [0.1, 0.15) is 0 Å². The molecule has 0 aliphatic carbocycles. The molecule has 1 fully saturated rings. The fraction of sp³-hybridized carbons (Fsp3) is 0.429. The van der Waals surface area contributed by atoms with Crippen LogP contribution in [0.5, 0.6) is 0 Å². The zero-order valence-electron chi connectivity index (χ0n) is 16.6. The Bertz CT molecular complexity index is 838. The van der Waals surface area contributed by atoms with Crippen molar-refractivity contribution in [2.75, 3.05) is 27.4 Å². The molecule has 0 N–H and O–H groups in total. The van der Waals surface area contributed by atoms with Gasteiger partial charge in [-0.2, -0.15) is 13.2 Å². The van der Waals surface area contributed by atoms with Gasteiger partial charge in [0.05, 0.1) is 43.0 Å². The van der Waals surface area contributed by atoms with E-state index in [-0.39, 0.29) is 22.8 Å². The first kappa shape index (κ1) is 21.9. The third kappa shape index (κ3) is 4.51. The molecular weight excluding hydrogens is 403 g/mol. The first-order chi connectivity index (χ1) is 14.3. The molecule has 0 radical (unpaired) electrons. The van der Waals surface area contributed by atoms with Crippen LogP contribution in [-0.2, 0) is 30.0 Å². The van der Waals surface area contributed by atoms with Crippen LogP contribution in [0.3, 0.4) is 0 Å². The normalized spacial score (nSPS) is 19.9. The molecule has 0 bridgehead atoms. The summed E-state index contributed by atoms with van der Waals surface area (Å²) in [4.78, 5) is 26.7. The van der Waals surface area contributed by atoms with Crippen molar-refractivity contribution in [3.63, 3.8) is 0 Å². The predicted molar refractivity (Wildman–Crippen MR) is 100 cm³/mol. The Balaban J connectivity index is 2.12. The summed E-state index contributed by atoms with van der Waals surface area (Å²) in [6.45, 7) is 0.954. The Morgan fingerprint density at radius 3 is 2.20 bits per heavy atom. The molecule has 0 saturated carbocycles. The molecule has 3 rings (SSSR count). The number of carbonyl (C=O) groups is 2. The van der Waals surface area contributed by atoms with E-state index in [2.05, 4.69) is 0 Å². The van der Waals surface area contributed by atoms with E-state index in [1.54, 1.807) is 4.90 Å². The molecule has 2 aliphatic rings. The molecule has 30 heavy (non-hydrogen) atoms. The number of hydrogen-bond donors (Lipinski definition) is 0. The maximum absolute atomic E-state index is 13.7. The molecule has 0 spiro atoms. The minimum Gasteiger partial charge on any atom is -0.466 e. The quantitative estimate of drug-likeness (QED) is 0.674. The van der Waals surface area contributed by atoms with Gasteiger partial charge in [0, 0.05) is 25.6 Å². The fourth-order valence-electron chi connectivity index (χ4n) is 3.76. The maximum Gasteiger partial charge on any atom is 0.416 e. The SMILES string of the molecule is COC(=O)C1=CN(C[C@@H]2CCCO2)C=C(C(=O)OC)C1c1ccccc1C(F)(F)F. The van der Waals surface area contributed by atoms with E-state index in [1.165, 1.54) is 30.6 Å². The van der Waals surface area contributed by atoms with Gasteiger partial charge in [-0.05, 0) is 24.5 Å². The first-order valence-corrected chi connectivity index (χ1v) is 9.39. The lowest BCUT2D eigenvalue weighted by atomic mass is 9.81. The largest absolute Gasteiger partial charge is 0.466 e. The zero-order valence-corrected chi connectivity index (χ0v) is 16.6. The van der Waals surface area contributed by atoms with Crippen LogP contribution in [-0.4, -0.2) is 50.3 Å². The van der Waals surface area contributed by atoms with Crippen LogP contribution in [0.15, 0.2) is 47.8 Å². The third-order valence-corrected chi connectivity index (χ3v) is 5.09. The maximum atomic E-state index is 13.7. The minimum atomic E-state index is -4.67. The smallest absolute Gasteiger partial charge is 0.416 e. The van der Waals surface area contributed by atoms with Crippen LogP contribution in [0, 0.1) is 0 Å². The molecule has 6 nitrogen and oxygen atoms in total. The molecule has 162 valence electrons. The highest BCUT2D eigenvalue weighted by molar-refractivity contribution is 5.98. The van der Waals surface area contributed by atoms with Crippen molar-refractivity contribution in [2.45, 2.75) is 31.0 Å².